The molecule has 1 aliphatic heterocycles. The number of hydrogen-bond acceptors (Lipinski definition) is 4. The van der Waals surface area contributed by atoms with Gasteiger partial charge in [-0.25, -0.2) is 9.98 Å². The molecule has 0 spiro atoms. The molecular formula is C45H29N3O. The average Bonchev–Trinajstić information content (AvgIpc) is 3.56. The first-order valence-electron chi connectivity index (χ1n) is 16.6. The van der Waals surface area contributed by atoms with Crippen LogP contribution >= 0.6 is 0 Å². The van der Waals surface area contributed by atoms with Gasteiger partial charge < -0.3 is 9.73 Å². The largest absolute Gasteiger partial charge is 0.456 e. The molecule has 0 saturated carbocycles. The molecule has 4 heteroatoms. The Morgan fingerprint density at radius 3 is 2.12 bits per heavy atom. The zero-order valence-electron chi connectivity index (χ0n) is 26.5. The molecule has 1 N–H and O–H groups in total. The lowest BCUT2D eigenvalue weighted by molar-refractivity contribution is 0.668. The molecular weight excluding hydrogens is 599 g/mol. The topological polar surface area (TPSA) is 49.9 Å². The number of nitrogens with one attached hydrogen (secondary N) is 1. The minimum Gasteiger partial charge on any atom is -0.456 e. The summed E-state index contributed by atoms with van der Waals surface area (Å²) in [6.45, 7) is 0. The van der Waals surface area contributed by atoms with E-state index in [1.165, 1.54) is 26.9 Å². The van der Waals surface area contributed by atoms with E-state index in [4.69, 9.17) is 14.4 Å². The van der Waals surface area contributed by atoms with E-state index in [1.807, 2.05) is 18.2 Å². The van der Waals surface area contributed by atoms with Crippen LogP contribution in [-0.4, -0.2) is 11.7 Å². The second-order valence-electron chi connectivity index (χ2n) is 12.6. The van der Waals surface area contributed by atoms with Crippen molar-refractivity contribution in [2.45, 2.75) is 6.17 Å². The number of furan rings is 1. The number of hydrogen-bond donors (Lipinski definition) is 1. The second-order valence-corrected chi connectivity index (χ2v) is 12.6. The molecule has 0 aliphatic carbocycles. The summed E-state index contributed by atoms with van der Waals surface area (Å²) < 4.78 is 6.49. The van der Waals surface area contributed by atoms with Gasteiger partial charge in [0.25, 0.3) is 0 Å². The van der Waals surface area contributed by atoms with Crippen LogP contribution in [0, 0.1) is 0 Å². The fourth-order valence-electron chi connectivity index (χ4n) is 7.25. The number of benzene rings is 8. The molecule has 0 bridgehead atoms. The normalized spacial score (nSPS) is 14.7. The van der Waals surface area contributed by atoms with Crippen molar-refractivity contribution < 1.29 is 4.42 Å². The summed E-state index contributed by atoms with van der Waals surface area (Å²) in [4.78, 5) is 10.5. The number of rotatable bonds is 4. The van der Waals surface area contributed by atoms with Crippen LogP contribution in [0.5, 0.6) is 0 Å². The Morgan fingerprint density at radius 2 is 1.20 bits per heavy atom. The molecule has 49 heavy (non-hydrogen) atoms. The summed E-state index contributed by atoms with van der Waals surface area (Å²) in [5, 5.41) is 13.1. The Morgan fingerprint density at radius 1 is 0.469 bits per heavy atom. The number of amidine groups is 2. The van der Waals surface area contributed by atoms with Crippen LogP contribution in [0.15, 0.2) is 178 Å². The molecule has 10 rings (SSSR count). The Bertz CT molecular complexity index is 2810. The molecule has 4 nitrogen and oxygen atoms in total. The quantitative estimate of drug-likeness (QED) is 0.197. The van der Waals surface area contributed by atoms with E-state index in [-0.39, 0.29) is 6.17 Å². The van der Waals surface area contributed by atoms with Crippen LogP contribution in [0.4, 0.5) is 0 Å². The van der Waals surface area contributed by atoms with E-state index < -0.39 is 0 Å². The first-order chi connectivity index (χ1) is 24.2. The van der Waals surface area contributed by atoms with Gasteiger partial charge in [0.2, 0.25) is 0 Å². The maximum absolute atomic E-state index is 6.49. The van der Waals surface area contributed by atoms with Gasteiger partial charge in [-0.2, -0.15) is 0 Å². The van der Waals surface area contributed by atoms with Crippen LogP contribution in [0.25, 0.3) is 65.4 Å². The summed E-state index contributed by atoms with van der Waals surface area (Å²) in [7, 11) is 0. The van der Waals surface area contributed by atoms with Crippen LogP contribution in [-0.2, 0) is 0 Å². The van der Waals surface area contributed by atoms with E-state index >= 15 is 0 Å². The Hall–Kier alpha value is -6.52. The first-order valence-corrected chi connectivity index (χ1v) is 16.6. The summed E-state index contributed by atoms with van der Waals surface area (Å²) in [5.74, 6) is 1.46. The molecule has 0 amide bonds. The standard InChI is InChI=1S/C45H29N3O/c1-2-9-28(10-3-1)32-21-24-38-41(27-32)49-40-16-8-15-39(42(38)40)45-47-43(34-20-17-29-11-4-5-13-31(29)25-34)46-44(48-45)35-22-23-37-33(26-35)19-18-30-12-6-7-14-36(30)37/h1-27,44H,(H,46,47,48). The third-order valence-corrected chi connectivity index (χ3v) is 9.69. The molecule has 0 radical (unpaired) electrons. The van der Waals surface area contributed by atoms with Crippen LogP contribution in [0.2, 0.25) is 0 Å². The molecule has 1 aliphatic rings. The highest BCUT2D eigenvalue weighted by Crippen LogP contribution is 2.36. The van der Waals surface area contributed by atoms with Gasteiger partial charge >= 0.3 is 0 Å². The zero-order chi connectivity index (χ0) is 32.3. The van der Waals surface area contributed by atoms with Crippen molar-refractivity contribution in [1.82, 2.24) is 5.32 Å². The maximum Gasteiger partial charge on any atom is 0.159 e. The predicted octanol–water partition coefficient (Wildman–Crippen LogP) is 11.2. The molecule has 1 atom stereocenters. The smallest absolute Gasteiger partial charge is 0.159 e. The van der Waals surface area contributed by atoms with Gasteiger partial charge in [0.05, 0.1) is 0 Å². The van der Waals surface area contributed by atoms with Gasteiger partial charge in [-0.1, -0.05) is 133 Å². The lowest BCUT2D eigenvalue weighted by Gasteiger charge is -2.24. The lowest BCUT2D eigenvalue weighted by Crippen LogP contribution is -2.33. The third-order valence-electron chi connectivity index (χ3n) is 9.69. The van der Waals surface area contributed by atoms with E-state index in [0.29, 0.717) is 5.84 Å². The average molecular weight is 628 g/mol. The predicted molar refractivity (Wildman–Crippen MR) is 204 cm³/mol. The van der Waals surface area contributed by atoms with Crippen molar-refractivity contribution in [1.29, 1.82) is 0 Å². The highest BCUT2D eigenvalue weighted by Gasteiger charge is 2.24. The molecule has 230 valence electrons. The van der Waals surface area contributed by atoms with Gasteiger partial charge in [0.1, 0.15) is 23.2 Å². The van der Waals surface area contributed by atoms with Crippen molar-refractivity contribution in [2.75, 3.05) is 0 Å². The van der Waals surface area contributed by atoms with Crippen LogP contribution in [0.1, 0.15) is 22.9 Å². The van der Waals surface area contributed by atoms with Gasteiger partial charge in [-0.15, -0.1) is 0 Å². The minimum absolute atomic E-state index is 0.344. The molecule has 0 fully saturated rings. The zero-order valence-corrected chi connectivity index (χ0v) is 26.5. The van der Waals surface area contributed by atoms with Gasteiger partial charge in [-0.3, -0.25) is 0 Å². The molecule has 1 unspecified atom stereocenters. The third kappa shape index (κ3) is 4.68. The summed E-state index contributed by atoms with van der Waals surface area (Å²) in [6.07, 6.45) is -0.344. The molecule has 0 saturated heterocycles. The van der Waals surface area contributed by atoms with E-state index in [9.17, 15) is 0 Å². The summed E-state index contributed by atoms with van der Waals surface area (Å²) >= 11 is 0. The van der Waals surface area contributed by atoms with E-state index in [2.05, 4.69) is 151 Å². The van der Waals surface area contributed by atoms with Gasteiger partial charge in [-0.05, 0) is 79.3 Å². The van der Waals surface area contributed by atoms with Gasteiger partial charge in [0, 0.05) is 21.9 Å². The van der Waals surface area contributed by atoms with Crippen molar-refractivity contribution in [3.63, 3.8) is 0 Å². The number of aliphatic imine (C=N–C) groups is 2. The fourth-order valence-corrected chi connectivity index (χ4v) is 7.25. The lowest BCUT2D eigenvalue weighted by atomic mass is 9.98. The maximum atomic E-state index is 6.49. The van der Waals surface area contributed by atoms with Crippen molar-refractivity contribution >= 4 is 65.9 Å². The van der Waals surface area contributed by atoms with Crippen molar-refractivity contribution in [2.24, 2.45) is 9.98 Å². The Balaban J connectivity index is 1.13. The molecule has 2 heterocycles. The highest BCUT2D eigenvalue weighted by atomic mass is 16.3. The van der Waals surface area contributed by atoms with Crippen molar-refractivity contribution in [3.8, 4) is 11.1 Å². The second kappa shape index (κ2) is 11.0. The van der Waals surface area contributed by atoms with Gasteiger partial charge in [0.15, 0.2) is 5.84 Å². The number of nitrogens with zero attached hydrogens (tertiary/aromatic N) is 2. The SMILES string of the molecule is c1ccc(-c2ccc3c(c2)oc2cccc(C4=NC(c5ccc6ccccc6c5)=NC(c5ccc6c(ccc7ccccc76)c5)N4)c23)cc1. The van der Waals surface area contributed by atoms with Crippen molar-refractivity contribution in [3.05, 3.63) is 180 Å². The monoisotopic (exact) mass is 627 g/mol. The molecule has 9 aromatic rings. The summed E-state index contributed by atoms with van der Waals surface area (Å²) in [6, 6.07) is 57.5. The molecule has 1 aromatic heterocycles. The summed E-state index contributed by atoms with van der Waals surface area (Å²) in [5.41, 5.74) is 6.99. The van der Waals surface area contributed by atoms with Crippen LogP contribution < -0.4 is 5.32 Å². The Kier molecular flexibility index (Phi) is 6.21. The number of fused-ring (bicyclic) bond motifs is 7. The Labute approximate surface area is 282 Å². The first kappa shape index (κ1) is 27.6. The van der Waals surface area contributed by atoms with E-state index in [0.717, 1.165) is 61.0 Å². The highest BCUT2D eigenvalue weighted by molar-refractivity contribution is 6.22. The fraction of sp³-hybridized carbons (Fsp3) is 0.0222. The van der Waals surface area contributed by atoms with Crippen LogP contribution in [0.3, 0.4) is 0 Å². The van der Waals surface area contributed by atoms with E-state index in [1.54, 1.807) is 0 Å². The minimum atomic E-state index is -0.344. The molecule has 8 aromatic carbocycles.